The first-order valence-electron chi connectivity index (χ1n) is 6.11. The fourth-order valence-corrected chi connectivity index (χ4v) is 3.22. The average Bonchev–Trinajstić information content (AvgIpc) is 3.08. The van der Waals surface area contributed by atoms with Crippen LogP contribution in [0.4, 0.5) is 0 Å². The standard InChI is InChI=1S/C14H16N2S/c15-9-12-14(11-4-2-1-3-5-11)17-13(16-12)8-10-6-7-10/h1-5,10H,6-9,15H2. The highest BCUT2D eigenvalue weighted by atomic mass is 32.1. The third kappa shape index (κ3) is 2.40. The summed E-state index contributed by atoms with van der Waals surface area (Å²) in [6.07, 6.45) is 3.89. The van der Waals surface area contributed by atoms with Crippen molar-refractivity contribution in [2.24, 2.45) is 11.7 Å². The first kappa shape index (κ1) is 10.9. The molecule has 1 aromatic carbocycles. The van der Waals surface area contributed by atoms with E-state index in [9.17, 15) is 0 Å². The summed E-state index contributed by atoms with van der Waals surface area (Å²) in [4.78, 5) is 5.93. The van der Waals surface area contributed by atoms with Gasteiger partial charge in [-0.1, -0.05) is 30.3 Å². The van der Waals surface area contributed by atoms with Gasteiger partial charge < -0.3 is 5.73 Å². The summed E-state index contributed by atoms with van der Waals surface area (Å²) >= 11 is 1.81. The van der Waals surface area contributed by atoms with E-state index in [0.717, 1.165) is 18.0 Å². The fourth-order valence-electron chi connectivity index (χ4n) is 2.01. The van der Waals surface area contributed by atoms with Gasteiger partial charge in [0.2, 0.25) is 0 Å². The van der Waals surface area contributed by atoms with Crippen molar-refractivity contribution < 1.29 is 0 Å². The van der Waals surface area contributed by atoms with Gasteiger partial charge in [0, 0.05) is 13.0 Å². The minimum absolute atomic E-state index is 0.533. The zero-order valence-corrected chi connectivity index (χ0v) is 10.5. The molecule has 0 aliphatic heterocycles. The molecule has 1 aliphatic rings. The molecular formula is C14H16N2S. The molecule has 0 saturated heterocycles. The van der Waals surface area contributed by atoms with E-state index in [2.05, 4.69) is 29.2 Å². The lowest BCUT2D eigenvalue weighted by Gasteiger charge is -1.98. The molecule has 0 radical (unpaired) electrons. The van der Waals surface area contributed by atoms with Crippen molar-refractivity contribution in [3.8, 4) is 10.4 Å². The summed E-state index contributed by atoms with van der Waals surface area (Å²) in [5, 5.41) is 1.26. The Morgan fingerprint density at radius 3 is 2.65 bits per heavy atom. The summed E-state index contributed by atoms with van der Waals surface area (Å²) in [5.74, 6) is 0.885. The molecule has 1 saturated carbocycles. The van der Waals surface area contributed by atoms with Gasteiger partial charge in [-0.15, -0.1) is 11.3 Å². The van der Waals surface area contributed by atoms with Crippen LogP contribution in [0.5, 0.6) is 0 Å². The number of rotatable bonds is 4. The minimum atomic E-state index is 0.533. The smallest absolute Gasteiger partial charge is 0.0938 e. The molecule has 0 spiro atoms. The van der Waals surface area contributed by atoms with E-state index in [4.69, 9.17) is 5.73 Å². The van der Waals surface area contributed by atoms with Crippen LogP contribution in [-0.2, 0) is 13.0 Å². The predicted molar refractivity (Wildman–Crippen MR) is 71.9 cm³/mol. The third-order valence-corrected chi connectivity index (χ3v) is 4.30. The molecule has 1 fully saturated rings. The Morgan fingerprint density at radius 2 is 2.00 bits per heavy atom. The second kappa shape index (κ2) is 4.59. The fraction of sp³-hybridized carbons (Fsp3) is 0.357. The maximum atomic E-state index is 5.79. The van der Waals surface area contributed by atoms with E-state index in [-0.39, 0.29) is 0 Å². The number of hydrogen-bond acceptors (Lipinski definition) is 3. The van der Waals surface area contributed by atoms with Crippen LogP contribution in [0.1, 0.15) is 23.5 Å². The third-order valence-electron chi connectivity index (χ3n) is 3.13. The van der Waals surface area contributed by atoms with Crippen LogP contribution in [0.25, 0.3) is 10.4 Å². The second-order valence-electron chi connectivity index (χ2n) is 4.60. The summed E-state index contributed by atoms with van der Waals surface area (Å²) in [6, 6.07) is 10.4. The number of nitrogens with zero attached hydrogens (tertiary/aromatic N) is 1. The van der Waals surface area contributed by atoms with E-state index in [1.54, 1.807) is 0 Å². The zero-order chi connectivity index (χ0) is 11.7. The number of nitrogens with two attached hydrogens (primary N) is 1. The van der Waals surface area contributed by atoms with Crippen LogP contribution < -0.4 is 5.73 Å². The molecule has 2 N–H and O–H groups in total. The van der Waals surface area contributed by atoms with Crippen molar-refractivity contribution in [1.82, 2.24) is 4.98 Å². The highest BCUT2D eigenvalue weighted by Crippen LogP contribution is 2.37. The average molecular weight is 244 g/mol. The maximum Gasteiger partial charge on any atom is 0.0938 e. The van der Waals surface area contributed by atoms with Crippen molar-refractivity contribution in [1.29, 1.82) is 0 Å². The van der Waals surface area contributed by atoms with Gasteiger partial charge in [0.1, 0.15) is 0 Å². The highest BCUT2D eigenvalue weighted by Gasteiger charge is 2.24. The maximum absolute atomic E-state index is 5.79. The predicted octanol–water partition coefficient (Wildman–Crippen LogP) is 3.22. The van der Waals surface area contributed by atoms with Gasteiger partial charge >= 0.3 is 0 Å². The summed E-state index contributed by atoms with van der Waals surface area (Å²) in [7, 11) is 0. The molecule has 1 aromatic heterocycles. The van der Waals surface area contributed by atoms with Gasteiger partial charge in [0.15, 0.2) is 0 Å². The van der Waals surface area contributed by atoms with Gasteiger partial charge in [0.05, 0.1) is 15.6 Å². The number of benzene rings is 1. The molecule has 3 rings (SSSR count). The lowest BCUT2D eigenvalue weighted by molar-refractivity contribution is 0.815. The Kier molecular flexibility index (Phi) is 2.95. The molecule has 0 unspecified atom stereocenters. The van der Waals surface area contributed by atoms with Crippen molar-refractivity contribution in [2.75, 3.05) is 0 Å². The van der Waals surface area contributed by atoms with Crippen LogP contribution >= 0.6 is 11.3 Å². The quantitative estimate of drug-likeness (QED) is 0.897. The second-order valence-corrected chi connectivity index (χ2v) is 5.68. The Hall–Kier alpha value is -1.19. The molecule has 0 atom stereocenters. The molecular weight excluding hydrogens is 228 g/mol. The molecule has 2 aromatic rings. The van der Waals surface area contributed by atoms with Gasteiger partial charge in [-0.25, -0.2) is 4.98 Å². The van der Waals surface area contributed by atoms with Crippen molar-refractivity contribution in [3.63, 3.8) is 0 Å². The van der Waals surface area contributed by atoms with Gasteiger partial charge in [-0.05, 0) is 24.3 Å². The van der Waals surface area contributed by atoms with Gasteiger partial charge in [0.25, 0.3) is 0 Å². The van der Waals surface area contributed by atoms with Gasteiger partial charge in [-0.3, -0.25) is 0 Å². The van der Waals surface area contributed by atoms with Crippen molar-refractivity contribution in [3.05, 3.63) is 41.0 Å². The van der Waals surface area contributed by atoms with Crippen LogP contribution in [0.3, 0.4) is 0 Å². The monoisotopic (exact) mass is 244 g/mol. The molecule has 88 valence electrons. The van der Waals surface area contributed by atoms with E-state index >= 15 is 0 Å². The summed E-state index contributed by atoms with van der Waals surface area (Å²) in [5.41, 5.74) is 8.09. The molecule has 1 aliphatic carbocycles. The Morgan fingerprint density at radius 1 is 1.24 bits per heavy atom. The molecule has 1 heterocycles. The van der Waals surface area contributed by atoms with Crippen LogP contribution in [0, 0.1) is 5.92 Å². The lowest BCUT2D eigenvalue weighted by Crippen LogP contribution is -1.98. The number of thiazole rings is 1. The van der Waals surface area contributed by atoms with Crippen molar-refractivity contribution in [2.45, 2.75) is 25.8 Å². The zero-order valence-electron chi connectivity index (χ0n) is 9.73. The summed E-state index contributed by atoms with van der Waals surface area (Å²) < 4.78 is 0. The molecule has 17 heavy (non-hydrogen) atoms. The number of hydrogen-bond donors (Lipinski definition) is 1. The van der Waals surface area contributed by atoms with Gasteiger partial charge in [-0.2, -0.15) is 0 Å². The molecule has 0 bridgehead atoms. The van der Waals surface area contributed by atoms with Crippen LogP contribution in [0.2, 0.25) is 0 Å². The molecule has 0 amide bonds. The SMILES string of the molecule is NCc1nc(CC2CC2)sc1-c1ccccc1. The normalized spacial score (nSPS) is 15.1. The highest BCUT2D eigenvalue weighted by molar-refractivity contribution is 7.15. The van der Waals surface area contributed by atoms with E-state index in [1.807, 2.05) is 17.4 Å². The minimum Gasteiger partial charge on any atom is -0.325 e. The van der Waals surface area contributed by atoms with Crippen LogP contribution in [0.15, 0.2) is 30.3 Å². The Labute approximate surface area is 106 Å². The van der Waals surface area contributed by atoms with E-state index in [0.29, 0.717) is 6.54 Å². The van der Waals surface area contributed by atoms with Crippen LogP contribution in [-0.4, -0.2) is 4.98 Å². The lowest BCUT2D eigenvalue weighted by atomic mass is 10.1. The van der Waals surface area contributed by atoms with Crippen molar-refractivity contribution >= 4 is 11.3 Å². The summed E-state index contributed by atoms with van der Waals surface area (Å²) in [6.45, 7) is 0.533. The Bertz CT molecular complexity index is 500. The first-order chi connectivity index (χ1) is 8.36. The molecule has 3 heteroatoms. The topological polar surface area (TPSA) is 38.9 Å². The largest absolute Gasteiger partial charge is 0.325 e. The van der Waals surface area contributed by atoms with E-state index in [1.165, 1.54) is 28.3 Å². The first-order valence-corrected chi connectivity index (χ1v) is 6.92. The number of aromatic nitrogens is 1. The Balaban J connectivity index is 1.94. The van der Waals surface area contributed by atoms with E-state index < -0.39 is 0 Å². The molecule has 2 nitrogen and oxygen atoms in total.